The van der Waals surface area contributed by atoms with Crippen molar-refractivity contribution in [1.29, 1.82) is 0 Å². The lowest BCUT2D eigenvalue weighted by molar-refractivity contribution is 0.464. The zero-order valence-electron chi connectivity index (χ0n) is 20.8. The summed E-state index contributed by atoms with van der Waals surface area (Å²) in [6.07, 6.45) is 0. The number of nitrogens with one attached hydrogen (secondary N) is 1. The number of benzene rings is 4. The third kappa shape index (κ3) is 5.67. The second-order valence-electron chi connectivity index (χ2n) is 8.72. The van der Waals surface area contributed by atoms with Crippen molar-refractivity contribution in [3.05, 3.63) is 112 Å². The highest BCUT2D eigenvalue weighted by Crippen LogP contribution is 2.38. The van der Waals surface area contributed by atoms with Crippen LogP contribution in [0.3, 0.4) is 0 Å². The first kappa shape index (κ1) is 27.6. The van der Waals surface area contributed by atoms with Crippen molar-refractivity contribution in [2.45, 2.75) is 35.5 Å². The highest BCUT2D eigenvalue weighted by Gasteiger charge is 2.28. The van der Waals surface area contributed by atoms with Gasteiger partial charge in [0.15, 0.2) is 5.84 Å². The summed E-state index contributed by atoms with van der Waals surface area (Å²) in [5.74, 6) is -0.236. The van der Waals surface area contributed by atoms with E-state index >= 15 is 0 Å². The zero-order valence-corrected chi connectivity index (χ0v) is 24.0. The van der Waals surface area contributed by atoms with Gasteiger partial charge in [-0.3, -0.25) is 0 Å². The van der Waals surface area contributed by atoms with E-state index in [1.807, 2.05) is 6.92 Å². The number of hydrogen-bond donors (Lipinski definition) is 2. The van der Waals surface area contributed by atoms with E-state index in [1.165, 1.54) is 37.3 Å². The van der Waals surface area contributed by atoms with Gasteiger partial charge in [0, 0.05) is 15.6 Å². The maximum absolute atomic E-state index is 13.8. The Bertz CT molecular complexity index is 1730. The predicted molar refractivity (Wildman–Crippen MR) is 152 cm³/mol. The van der Waals surface area contributed by atoms with E-state index in [1.54, 1.807) is 61.5 Å². The molecule has 0 unspecified atom stereocenters. The Morgan fingerprint density at radius 2 is 1.39 bits per heavy atom. The van der Waals surface area contributed by atoms with E-state index < -0.39 is 19.9 Å². The fraction of sp³-hybridized carbons (Fsp3) is 0.107. The maximum atomic E-state index is 13.8. The van der Waals surface area contributed by atoms with Gasteiger partial charge in [-0.25, -0.2) is 8.42 Å². The van der Waals surface area contributed by atoms with Crippen molar-refractivity contribution in [2.75, 3.05) is 5.32 Å². The van der Waals surface area contributed by atoms with Crippen LogP contribution in [0.5, 0.6) is 5.75 Å². The number of aryl methyl sites for hydroxylation is 2. The van der Waals surface area contributed by atoms with Crippen LogP contribution in [0.1, 0.15) is 22.3 Å². The van der Waals surface area contributed by atoms with Gasteiger partial charge in [0.2, 0.25) is 9.84 Å². The molecule has 0 aliphatic carbocycles. The van der Waals surface area contributed by atoms with Crippen LogP contribution in [0.25, 0.3) is 0 Å². The summed E-state index contributed by atoms with van der Waals surface area (Å²) in [4.78, 5) is -0.159. The van der Waals surface area contributed by atoms with Crippen molar-refractivity contribution >= 4 is 47.3 Å². The molecule has 38 heavy (non-hydrogen) atoms. The molecule has 0 atom stereocenters. The normalized spacial score (nSPS) is 12.4. The minimum Gasteiger partial charge on any atom is -0.507 e. The van der Waals surface area contributed by atoms with E-state index in [-0.39, 0.29) is 37.5 Å². The topological polar surface area (TPSA) is 113 Å². The van der Waals surface area contributed by atoms with E-state index in [0.717, 1.165) is 5.56 Å². The molecule has 0 spiro atoms. The highest BCUT2D eigenvalue weighted by molar-refractivity contribution is 9.10. The number of aromatic hydroxyl groups is 1. The summed E-state index contributed by atoms with van der Waals surface area (Å²) in [5, 5.41) is 13.6. The number of amidine groups is 1. The molecule has 4 rings (SSSR count). The highest BCUT2D eigenvalue weighted by atomic mass is 79.9. The van der Waals surface area contributed by atoms with Gasteiger partial charge in [-0.2, -0.15) is 8.42 Å². The van der Waals surface area contributed by atoms with Crippen molar-refractivity contribution < 1.29 is 21.9 Å². The lowest BCUT2D eigenvalue weighted by Crippen LogP contribution is -2.19. The van der Waals surface area contributed by atoms with Crippen molar-refractivity contribution in [3.8, 4) is 5.75 Å². The molecule has 0 aliphatic heterocycles. The molecule has 0 saturated carbocycles. The molecule has 7 nitrogen and oxygen atoms in total. The summed E-state index contributed by atoms with van der Waals surface area (Å²) in [6, 6.07) is 22.4. The number of anilines is 1. The largest absolute Gasteiger partial charge is 0.507 e. The van der Waals surface area contributed by atoms with Gasteiger partial charge >= 0.3 is 0 Å². The van der Waals surface area contributed by atoms with E-state index in [4.69, 9.17) is 0 Å². The molecular weight excluding hydrogens is 588 g/mol. The van der Waals surface area contributed by atoms with Crippen molar-refractivity contribution in [1.82, 2.24) is 0 Å². The lowest BCUT2D eigenvalue weighted by Gasteiger charge is -2.19. The fourth-order valence-corrected chi connectivity index (χ4v) is 6.75. The predicted octanol–water partition coefficient (Wildman–Crippen LogP) is 6.16. The van der Waals surface area contributed by atoms with Gasteiger partial charge in [0.05, 0.1) is 15.5 Å². The van der Waals surface area contributed by atoms with Gasteiger partial charge in [0.25, 0.3) is 10.0 Å². The average Bonchev–Trinajstić information content (AvgIpc) is 2.88. The third-order valence-electron chi connectivity index (χ3n) is 5.90. The molecule has 0 heterocycles. The van der Waals surface area contributed by atoms with E-state index in [0.29, 0.717) is 15.6 Å². The molecule has 4 aromatic rings. The first-order chi connectivity index (χ1) is 17.9. The minimum absolute atomic E-state index is 0.0264. The maximum Gasteiger partial charge on any atom is 0.284 e. The Kier molecular flexibility index (Phi) is 7.78. The fourth-order valence-electron chi connectivity index (χ4n) is 3.88. The average molecular weight is 614 g/mol. The Morgan fingerprint density at radius 1 is 0.816 bits per heavy atom. The first-order valence-electron chi connectivity index (χ1n) is 11.5. The molecule has 0 amide bonds. The Labute approximate surface area is 231 Å². The lowest BCUT2D eigenvalue weighted by atomic mass is 10.1. The second kappa shape index (κ2) is 10.7. The van der Waals surface area contributed by atoms with Crippen LogP contribution >= 0.6 is 15.9 Å². The number of nitrogens with zero attached hydrogens (tertiary/aromatic N) is 1. The van der Waals surface area contributed by atoms with Crippen LogP contribution in [0.2, 0.25) is 0 Å². The molecule has 0 aliphatic rings. The number of sulfone groups is 1. The van der Waals surface area contributed by atoms with Gasteiger partial charge in [-0.15, -0.1) is 4.40 Å². The minimum atomic E-state index is -4.17. The Balaban J connectivity index is 1.93. The molecule has 10 heteroatoms. The van der Waals surface area contributed by atoms with Crippen LogP contribution in [0.15, 0.2) is 108 Å². The molecular formula is C28H25BrN2O5S2. The van der Waals surface area contributed by atoms with Crippen molar-refractivity contribution in [3.63, 3.8) is 0 Å². The molecule has 196 valence electrons. The van der Waals surface area contributed by atoms with Gasteiger partial charge in [-0.1, -0.05) is 64.0 Å². The number of hydrogen-bond acceptors (Lipinski definition) is 5. The van der Waals surface area contributed by atoms with Gasteiger partial charge in [-0.05, 0) is 68.8 Å². The molecule has 0 radical (unpaired) electrons. The van der Waals surface area contributed by atoms with Crippen LogP contribution in [0, 0.1) is 20.8 Å². The summed E-state index contributed by atoms with van der Waals surface area (Å²) in [5.41, 5.74) is 1.96. The van der Waals surface area contributed by atoms with Gasteiger partial charge < -0.3 is 10.4 Å². The Morgan fingerprint density at radius 3 is 2.00 bits per heavy atom. The standard InChI is InChI=1S/C28H25BrN2O5S2/c1-18-9-13-23(14-10-18)37(33,34)27-20(3)26(32)19(2)17-25(27)30-28(21-7-5-4-6-8-21)31-38(35,36)24-15-11-22(29)12-16-24/h4-17,32H,1-3H3,(H,30,31). The summed E-state index contributed by atoms with van der Waals surface area (Å²) in [6.45, 7) is 4.99. The van der Waals surface area contributed by atoms with E-state index in [2.05, 4.69) is 25.6 Å². The smallest absolute Gasteiger partial charge is 0.284 e. The van der Waals surface area contributed by atoms with Crippen LogP contribution in [-0.4, -0.2) is 27.8 Å². The number of phenolic OH excluding ortho intramolecular Hbond substituents is 1. The number of halogens is 1. The summed E-state index contributed by atoms with van der Waals surface area (Å²) < 4.78 is 58.8. The first-order valence-corrected chi connectivity index (χ1v) is 15.2. The van der Waals surface area contributed by atoms with Crippen LogP contribution in [0.4, 0.5) is 5.69 Å². The summed E-state index contributed by atoms with van der Waals surface area (Å²) in [7, 11) is -8.29. The molecule has 0 saturated heterocycles. The molecule has 4 aromatic carbocycles. The summed E-state index contributed by atoms with van der Waals surface area (Å²) >= 11 is 3.29. The monoisotopic (exact) mass is 612 g/mol. The van der Waals surface area contributed by atoms with Crippen LogP contribution in [-0.2, 0) is 19.9 Å². The third-order valence-corrected chi connectivity index (χ3v) is 9.67. The number of phenols is 1. The van der Waals surface area contributed by atoms with E-state index in [9.17, 15) is 21.9 Å². The SMILES string of the molecule is Cc1ccc(S(=O)(=O)c2c(NC(=NS(=O)(=O)c3ccc(Br)cc3)c3ccccc3)cc(C)c(O)c2C)cc1. The quantitative estimate of drug-likeness (QED) is 0.153. The molecule has 0 bridgehead atoms. The molecule has 0 aromatic heterocycles. The Hall–Kier alpha value is -3.47. The number of sulfonamides is 1. The molecule has 0 fully saturated rings. The van der Waals surface area contributed by atoms with Gasteiger partial charge in [0.1, 0.15) is 10.6 Å². The number of rotatable bonds is 6. The zero-order chi connectivity index (χ0) is 27.7. The van der Waals surface area contributed by atoms with Crippen LogP contribution < -0.4 is 5.32 Å². The van der Waals surface area contributed by atoms with Crippen molar-refractivity contribution in [2.24, 2.45) is 4.40 Å². The molecule has 2 N–H and O–H groups in total. The second-order valence-corrected chi connectivity index (χ2v) is 13.1.